The van der Waals surface area contributed by atoms with E-state index in [-0.39, 0.29) is 35.3 Å². The molecule has 0 aliphatic heterocycles. The van der Waals surface area contributed by atoms with Crippen LogP contribution in [-0.4, -0.2) is 56.0 Å². The van der Waals surface area contributed by atoms with Crippen LogP contribution in [0.2, 0.25) is 0 Å². The highest BCUT2D eigenvalue weighted by atomic mass is 127. The number of rotatable bonds is 8. The van der Waals surface area contributed by atoms with E-state index < -0.39 is 0 Å². The van der Waals surface area contributed by atoms with Crippen molar-refractivity contribution in [2.45, 2.75) is 45.6 Å². The van der Waals surface area contributed by atoms with Gasteiger partial charge in [0.1, 0.15) is 0 Å². The molecule has 1 amide bonds. The van der Waals surface area contributed by atoms with Crippen molar-refractivity contribution < 1.29 is 9.53 Å². The molecule has 0 spiro atoms. The number of carbonyl (C=O) groups is 1. The topological polar surface area (TPSA) is 78.8 Å². The van der Waals surface area contributed by atoms with E-state index in [0.717, 1.165) is 37.7 Å². The van der Waals surface area contributed by atoms with E-state index in [1.165, 1.54) is 0 Å². The first kappa shape index (κ1) is 24.5. The predicted octanol–water partition coefficient (Wildman–Crippen LogP) is 2.80. The summed E-state index contributed by atoms with van der Waals surface area (Å²) in [7, 11) is 5.40. The Balaban J connectivity index is 0.00000392. The highest BCUT2D eigenvalue weighted by Crippen LogP contribution is 2.38. The Morgan fingerprint density at radius 2 is 2.00 bits per heavy atom. The van der Waals surface area contributed by atoms with Gasteiger partial charge in [0.15, 0.2) is 5.96 Å². The molecule has 0 unspecified atom stereocenters. The third-order valence-corrected chi connectivity index (χ3v) is 4.95. The molecule has 1 heterocycles. The molecule has 2 N–H and O–H groups in total. The van der Waals surface area contributed by atoms with E-state index in [1.807, 2.05) is 26.2 Å². The molecule has 1 aliphatic carbocycles. The van der Waals surface area contributed by atoms with Crippen molar-refractivity contribution in [2.75, 3.05) is 34.3 Å². The van der Waals surface area contributed by atoms with Crippen LogP contribution in [0.15, 0.2) is 23.3 Å². The zero-order chi connectivity index (χ0) is 19.7. The summed E-state index contributed by atoms with van der Waals surface area (Å²) in [5.74, 6) is 1.54. The molecule has 1 fully saturated rings. The van der Waals surface area contributed by atoms with E-state index in [2.05, 4.69) is 27.5 Å². The molecule has 0 bridgehead atoms. The van der Waals surface area contributed by atoms with Gasteiger partial charge in [-0.1, -0.05) is 25.8 Å². The minimum atomic E-state index is -0.319. The molecule has 0 aromatic carbocycles. The minimum absolute atomic E-state index is 0. The first-order valence-electron chi connectivity index (χ1n) is 9.75. The number of hydrogen-bond acceptors (Lipinski definition) is 4. The number of nitrogens with one attached hydrogen (secondary N) is 2. The van der Waals surface area contributed by atoms with Gasteiger partial charge in [-0.25, -0.2) is 4.98 Å². The van der Waals surface area contributed by atoms with Crippen molar-refractivity contribution in [1.29, 1.82) is 0 Å². The molecule has 7 nitrogen and oxygen atoms in total. The molecular formula is C20H34IN5O2. The summed E-state index contributed by atoms with van der Waals surface area (Å²) in [5.41, 5.74) is 0.725. The van der Waals surface area contributed by atoms with Crippen LogP contribution < -0.4 is 15.4 Å². The number of aliphatic imine (C=N–C) groups is 1. The van der Waals surface area contributed by atoms with Gasteiger partial charge in [0.05, 0.1) is 12.0 Å². The Kier molecular flexibility index (Phi) is 10.6. The van der Waals surface area contributed by atoms with E-state index >= 15 is 0 Å². The van der Waals surface area contributed by atoms with E-state index in [4.69, 9.17) is 4.74 Å². The van der Waals surface area contributed by atoms with Crippen LogP contribution in [0.1, 0.15) is 44.6 Å². The van der Waals surface area contributed by atoms with Gasteiger partial charge >= 0.3 is 0 Å². The van der Waals surface area contributed by atoms with Crippen LogP contribution in [0.25, 0.3) is 0 Å². The van der Waals surface area contributed by atoms with Gasteiger partial charge in [-0.3, -0.25) is 9.79 Å². The van der Waals surface area contributed by atoms with E-state index in [1.54, 1.807) is 18.1 Å². The number of carbonyl (C=O) groups excluding carboxylic acids is 1. The molecule has 1 aromatic rings. The normalized spacial score (nSPS) is 15.5. The van der Waals surface area contributed by atoms with Crippen molar-refractivity contribution in [2.24, 2.45) is 10.4 Å². The van der Waals surface area contributed by atoms with Crippen LogP contribution in [-0.2, 0) is 11.3 Å². The molecule has 0 atom stereocenters. The summed E-state index contributed by atoms with van der Waals surface area (Å²) in [5, 5.41) is 6.63. The average Bonchev–Trinajstić information content (AvgIpc) is 3.16. The monoisotopic (exact) mass is 503 g/mol. The van der Waals surface area contributed by atoms with E-state index in [9.17, 15) is 4.79 Å². The maximum absolute atomic E-state index is 12.7. The molecule has 0 radical (unpaired) electrons. The molecule has 2 rings (SSSR count). The van der Waals surface area contributed by atoms with Crippen molar-refractivity contribution in [3.8, 4) is 5.88 Å². The second-order valence-electron chi connectivity index (χ2n) is 7.32. The number of halogens is 1. The lowest BCUT2D eigenvalue weighted by molar-refractivity contribution is -0.138. The number of guanidine groups is 1. The van der Waals surface area contributed by atoms with E-state index in [0.29, 0.717) is 31.5 Å². The number of amides is 1. The fourth-order valence-electron chi connectivity index (χ4n) is 3.46. The third-order valence-electron chi connectivity index (χ3n) is 4.95. The van der Waals surface area contributed by atoms with Crippen LogP contribution in [0.4, 0.5) is 0 Å². The van der Waals surface area contributed by atoms with Crippen LogP contribution in [0.3, 0.4) is 0 Å². The second-order valence-corrected chi connectivity index (χ2v) is 7.32. The summed E-state index contributed by atoms with van der Waals surface area (Å²) >= 11 is 0. The van der Waals surface area contributed by atoms with Gasteiger partial charge in [-0.2, -0.15) is 0 Å². The van der Waals surface area contributed by atoms with Crippen LogP contribution in [0.5, 0.6) is 5.88 Å². The maximum Gasteiger partial charge on any atom is 0.230 e. The highest BCUT2D eigenvalue weighted by molar-refractivity contribution is 14.0. The molecule has 158 valence electrons. The summed E-state index contributed by atoms with van der Waals surface area (Å²) in [6.45, 7) is 3.95. The van der Waals surface area contributed by atoms with Crippen LogP contribution >= 0.6 is 24.0 Å². The zero-order valence-corrected chi connectivity index (χ0v) is 19.8. The van der Waals surface area contributed by atoms with Crippen molar-refractivity contribution in [3.63, 3.8) is 0 Å². The van der Waals surface area contributed by atoms with Gasteiger partial charge in [0, 0.05) is 46.5 Å². The first-order chi connectivity index (χ1) is 13.0. The number of aromatic nitrogens is 1. The molecular weight excluding hydrogens is 469 g/mol. The number of ether oxygens (including phenoxy) is 1. The summed E-state index contributed by atoms with van der Waals surface area (Å²) in [4.78, 5) is 23.0. The predicted molar refractivity (Wildman–Crippen MR) is 123 cm³/mol. The second kappa shape index (κ2) is 12.1. The summed E-state index contributed by atoms with van der Waals surface area (Å²) < 4.78 is 5.50. The Morgan fingerprint density at radius 3 is 2.54 bits per heavy atom. The molecule has 1 saturated carbocycles. The molecule has 0 saturated heterocycles. The third kappa shape index (κ3) is 6.79. The lowest BCUT2D eigenvalue weighted by atomic mass is 9.84. The van der Waals surface area contributed by atoms with Gasteiger partial charge < -0.3 is 20.3 Å². The van der Waals surface area contributed by atoms with Gasteiger partial charge in [0.25, 0.3) is 0 Å². The van der Waals surface area contributed by atoms with Gasteiger partial charge in [-0.05, 0) is 24.8 Å². The molecule has 8 heteroatoms. The lowest BCUT2D eigenvalue weighted by Crippen LogP contribution is -2.49. The lowest BCUT2D eigenvalue weighted by Gasteiger charge is -2.31. The Bertz CT molecular complexity index is 628. The van der Waals surface area contributed by atoms with Gasteiger partial charge in [0.2, 0.25) is 11.8 Å². The Morgan fingerprint density at radius 1 is 1.29 bits per heavy atom. The largest absolute Gasteiger partial charge is 0.478 e. The van der Waals surface area contributed by atoms with Crippen molar-refractivity contribution in [3.05, 3.63) is 23.9 Å². The average molecular weight is 503 g/mol. The van der Waals surface area contributed by atoms with Gasteiger partial charge in [-0.15, -0.1) is 24.0 Å². The smallest absolute Gasteiger partial charge is 0.230 e. The summed E-state index contributed by atoms with van der Waals surface area (Å²) in [6, 6.07) is 3.87. The molecule has 1 aliphatic rings. The van der Waals surface area contributed by atoms with Crippen molar-refractivity contribution in [1.82, 2.24) is 20.5 Å². The standard InChI is InChI=1S/C20H33N5O2.HI/c1-5-12-27-17-9-8-16(13-22-17)14-23-19(21-2)24-15-20(10-6-7-11-20)18(26)25(3)4;/h8-9,13H,5-7,10-12,14-15H2,1-4H3,(H2,21,23,24);1H. The SMILES string of the molecule is CCCOc1ccc(CNC(=NC)NCC2(C(=O)N(C)C)CCCC2)cn1.I. The number of hydrogen-bond donors (Lipinski definition) is 2. The maximum atomic E-state index is 12.7. The molecule has 28 heavy (non-hydrogen) atoms. The first-order valence-corrected chi connectivity index (χ1v) is 9.75. The summed E-state index contributed by atoms with van der Waals surface area (Å²) in [6.07, 6.45) is 6.83. The fourth-order valence-corrected chi connectivity index (χ4v) is 3.46. The Labute approximate surface area is 185 Å². The number of pyridine rings is 1. The zero-order valence-electron chi connectivity index (χ0n) is 17.5. The minimum Gasteiger partial charge on any atom is -0.478 e. The Hall–Kier alpha value is -1.58. The van der Waals surface area contributed by atoms with Crippen molar-refractivity contribution >= 4 is 35.8 Å². The quantitative estimate of drug-likeness (QED) is 0.324. The number of nitrogens with zero attached hydrogens (tertiary/aromatic N) is 3. The highest BCUT2D eigenvalue weighted by Gasteiger charge is 2.42. The fraction of sp³-hybridized carbons (Fsp3) is 0.650. The molecule has 1 aromatic heterocycles. The van der Waals surface area contributed by atoms with Crippen LogP contribution in [0, 0.1) is 5.41 Å².